The van der Waals surface area contributed by atoms with E-state index in [1.807, 2.05) is 6.07 Å². The van der Waals surface area contributed by atoms with Gasteiger partial charge in [-0.25, -0.2) is 0 Å². The summed E-state index contributed by atoms with van der Waals surface area (Å²) < 4.78 is 5.47. The molecule has 1 heterocycles. The molecule has 1 fully saturated rings. The first-order valence-corrected chi connectivity index (χ1v) is 9.94. The Kier molecular flexibility index (Phi) is 11.3. The maximum atomic E-state index is 11.6. The largest absolute Gasteiger partial charge is 0.496 e. The van der Waals surface area contributed by atoms with Gasteiger partial charge in [0, 0.05) is 39.6 Å². The van der Waals surface area contributed by atoms with E-state index in [0.29, 0.717) is 12.3 Å². The Morgan fingerprint density at radius 3 is 2.64 bits per heavy atom. The molecule has 0 aliphatic carbocycles. The van der Waals surface area contributed by atoms with Gasteiger partial charge in [0.15, 0.2) is 5.96 Å². The van der Waals surface area contributed by atoms with Gasteiger partial charge in [-0.3, -0.25) is 9.79 Å². The third kappa shape index (κ3) is 7.48. The van der Waals surface area contributed by atoms with E-state index >= 15 is 0 Å². The summed E-state index contributed by atoms with van der Waals surface area (Å²) in [4.78, 5) is 18.7. The predicted octanol–water partition coefficient (Wildman–Crippen LogP) is 2.98. The molecule has 0 unspecified atom stereocenters. The number of aryl methyl sites for hydroxylation is 1. The zero-order valence-electron chi connectivity index (χ0n) is 17.6. The summed E-state index contributed by atoms with van der Waals surface area (Å²) in [6.07, 6.45) is 3.55. The quantitative estimate of drug-likeness (QED) is 0.342. The van der Waals surface area contributed by atoms with Gasteiger partial charge < -0.3 is 20.3 Å². The van der Waals surface area contributed by atoms with Gasteiger partial charge in [-0.05, 0) is 50.7 Å². The van der Waals surface area contributed by atoms with E-state index < -0.39 is 0 Å². The lowest BCUT2D eigenvalue weighted by molar-refractivity contribution is -0.121. The van der Waals surface area contributed by atoms with Gasteiger partial charge in [0.25, 0.3) is 0 Å². The fourth-order valence-electron chi connectivity index (χ4n) is 3.52. The van der Waals surface area contributed by atoms with Crippen LogP contribution in [0.5, 0.6) is 5.75 Å². The van der Waals surface area contributed by atoms with Crippen LogP contribution in [0.4, 0.5) is 0 Å². The van der Waals surface area contributed by atoms with Gasteiger partial charge in [0.05, 0.1) is 7.11 Å². The first-order chi connectivity index (χ1) is 13.1. The van der Waals surface area contributed by atoms with Crippen molar-refractivity contribution in [1.82, 2.24) is 15.5 Å². The average Bonchev–Trinajstić information content (AvgIpc) is 2.68. The molecule has 158 valence electrons. The third-order valence-electron chi connectivity index (χ3n) is 5.08. The minimum atomic E-state index is 0. The summed E-state index contributed by atoms with van der Waals surface area (Å²) in [7, 11) is 3.42. The fourth-order valence-corrected chi connectivity index (χ4v) is 3.52. The highest BCUT2D eigenvalue weighted by Crippen LogP contribution is 2.21. The Morgan fingerprint density at radius 2 is 2.04 bits per heavy atom. The molecule has 6 nitrogen and oxygen atoms in total. The van der Waals surface area contributed by atoms with E-state index in [1.165, 1.54) is 11.1 Å². The van der Waals surface area contributed by atoms with Crippen LogP contribution in [0.1, 0.15) is 37.3 Å². The van der Waals surface area contributed by atoms with Crippen LogP contribution >= 0.6 is 24.0 Å². The number of rotatable bonds is 7. The minimum absolute atomic E-state index is 0. The van der Waals surface area contributed by atoms with Gasteiger partial charge in [-0.15, -0.1) is 24.0 Å². The number of likely N-dealkylation sites (tertiary alicyclic amines) is 1. The first kappa shape index (κ1) is 24.5. The summed E-state index contributed by atoms with van der Waals surface area (Å²) in [6, 6.07) is 6.26. The number of methoxy groups -OCH3 is 1. The van der Waals surface area contributed by atoms with E-state index in [9.17, 15) is 4.79 Å². The first-order valence-electron chi connectivity index (χ1n) is 9.94. The number of aliphatic imine (C=N–C) groups is 1. The SMILES string of the molecule is CCNC(=NCCc1cc(C)ccc1OC)N1CCC(CC(=O)NC)CC1.I. The summed E-state index contributed by atoms with van der Waals surface area (Å²) in [5.41, 5.74) is 2.43. The predicted molar refractivity (Wildman–Crippen MR) is 126 cm³/mol. The van der Waals surface area contributed by atoms with E-state index in [2.05, 4.69) is 41.5 Å². The number of hydrogen-bond donors (Lipinski definition) is 2. The molecule has 1 aliphatic heterocycles. The van der Waals surface area contributed by atoms with Gasteiger partial charge in [-0.2, -0.15) is 0 Å². The van der Waals surface area contributed by atoms with Gasteiger partial charge in [0.1, 0.15) is 5.75 Å². The molecule has 0 bridgehead atoms. The number of piperidine rings is 1. The maximum absolute atomic E-state index is 11.6. The van der Waals surface area contributed by atoms with Gasteiger partial charge in [0.2, 0.25) is 5.91 Å². The zero-order chi connectivity index (χ0) is 19.6. The highest BCUT2D eigenvalue weighted by atomic mass is 127. The lowest BCUT2D eigenvalue weighted by Crippen LogP contribution is -2.46. The Balaban J connectivity index is 0.00000392. The number of carbonyl (C=O) groups is 1. The van der Waals surface area contributed by atoms with Crippen LogP contribution in [-0.2, 0) is 11.2 Å². The molecule has 28 heavy (non-hydrogen) atoms. The second kappa shape index (κ2) is 12.9. The summed E-state index contributed by atoms with van der Waals surface area (Å²) >= 11 is 0. The minimum Gasteiger partial charge on any atom is -0.496 e. The van der Waals surface area contributed by atoms with Crippen LogP contribution in [0.15, 0.2) is 23.2 Å². The molecule has 2 rings (SSSR count). The number of guanidine groups is 1. The molecule has 1 saturated heterocycles. The van der Waals surface area contributed by atoms with Crippen molar-refractivity contribution in [3.8, 4) is 5.75 Å². The number of nitrogens with zero attached hydrogens (tertiary/aromatic N) is 2. The third-order valence-corrected chi connectivity index (χ3v) is 5.08. The van der Waals surface area contributed by atoms with Crippen LogP contribution in [0.25, 0.3) is 0 Å². The standard InChI is InChI=1S/C21H34N4O2.HI/c1-5-23-21(25-12-9-17(10-13-25)15-20(26)22-3)24-11-8-18-14-16(2)6-7-19(18)27-4;/h6-7,14,17H,5,8-13,15H2,1-4H3,(H,22,26)(H,23,24);1H. The Morgan fingerprint density at radius 1 is 1.32 bits per heavy atom. The molecule has 1 aromatic carbocycles. The van der Waals surface area contributed by atoms with Crippen molar-refractivity contribution in [2.75, 3.05) is 40.3 Å². The van der Waals surface area contributed by atoms with Crippen LogP contribution in [0.2, 0.25) is 0 Å². The van der Waals surface area contributed by atoms with Crippen molar-refractivity contribution < 1.29 is 9.53 Å². The lowest BCUT2D eigenvalue weighted by Gasteiger charge is -2.34. The second-order valence-corrected chi connectivity index (χ2v) is 7.11. The molecule has 1 amide bonds. The monoisotopic (exact) mass is 502 g/mol. The van der Waals surface area contributed by atoms with Crippen molar-refractivity contribution in [2.24, 2.45) is 10.9 Å². The average molecular weight is 502 g/mol. The molecular formula is C21H35IN4O2. The molecule has 0 saturated carbocycles. The summed E-state index contributed by atoms with van der Waals surface area (Å²) in [5, 5.41) is 6.14. The summed E-state index contributed by atoms with van der Waals surface area (Å²) in [6.45, 7) is 7.66. The number of benzene rings is 1. The molecule has 2 N–H and O–H groups in total. The molecule has 0 aromatic heterocycles. The number of carbonyl (C=O) groups excluding carboxylic acids is 1. The number of halogens is 1. The smallest absolute Gasteiger partial charge is 0.220 e. The number of amides is 1. The molecular weight excluding hydrogens is 467 g/mol. The fraction of sp³-hybridized carbons (Fsp3) is 0.619. The molecule has 1 aliphatic rings. The van der Waals surface area contributed by atoms with Crippen LogP contribution in [0, 0.1) is 12.8 Å². The second-order valence-electron chi connectivity index (χ2n) is 7.11. The number of ether oxygens (including phenoxy) is 1. The van der Waals surface area contributed by atoms with Crippen LogP contribution < -0.4 is 15.4 Å². The van der Waals surface area contributed by atoms with Gasteiger partial charge >= 0.3 is 0 Å². The Bertz CT molecular complexity index is 643. The molecule has 0 radical (unpaired) electrons. The Labute approximate surface area is 186 Å². The lowest BCUT2D eigenvalue weighted by atomic mass is 9.93. The van der Waals surface area contributed by atoms with Gasteiger partial charge in [-0.1, -0.05) is 17.7 Å². The van der Waals surface area contributed by atoms with Crippen molar-refractivity contribution in [2.45, 2.75) is 39.5 Å². The van der Waals surface area contributed by atoms with Crippen LogP contribution in [0.3, 0.4) is 0 Å². The molecule has 7 heteroatoms. The van der Waals surface area contributed by atoms with E-state index in [0.717, 1.165) is 57.2 Å². The number of hydrogen-bond acceptors (Lipinski definition) is 3. The Hall–Kier alpha value is -1.51. The maximum Gasteiger partial charge on any atom is 0.220 e. The zero-order valence-corrected chi connectivity index (χ0v) is 19.9. The van der Waals surface area contributed by atoms with Crippen molar-refractivity contribution >= 4 is 35.8 Å². The highest BCUT2D eigenvalue weighted by Gasteiger charge is 2.23. The molecule has 1 aromatic rings. The van der Waals surface area contributed by atoms with Crippen molar-refractivity contribution in [1.29, 1.82) is 0 Å². The summed E-state index contributed by atoms with van der Waals surface area (Å²) in [5.74, 6) is 2.51. The normalized spacial score (nSPS) is 15.0. The van der Waals surface area contributed by atoms with E-state index in [4.69, 9.17) is 9.73 Å². The molecule has 0 atom stereocenters. The van der Waals surface area contributed by atoms with E-state index in [1.54, 1.807) is 14.2 Å². The van der Waals surface area contributed by atoms with Crippen LogP contribution in [-0.4, -0.2) is 57.1 Å². The highest BCUT2D eigenvalue weighted by molar-refractivity contribution is 14.0. The topological polar surface area (TPSA) is 66.0 Å². The molecule has 0 spiro atoms. The number of nitrogens with one attached hydrogen (secondary N) is 2. The van der Waals surface area contributed by atoms with Crippen molar-refractivity contribution in [3.05, 3.63) is 29.3 Å². The van der Waals surface area contributed by atoms with E-state index in [-0.39, 0.29) is 29.9 Å². The van der Waals surface area contributed by atoms with Crippen molar-refractivity contribution in [3.63, 3.8) is 0 Å².